The highest BCUT2D eigenvalue weighted by Crippen LogP contribution is 2.31. The largest absolute Gasteiger partial charge is 0.373 e. The Labute approximate surface area is 212 Å². The maximum absolute atomic E-state index is 15.0. The van der Waals surface area contributed by atoms with Gasteiger partial charge in [0, 0.05) is 43.1 Å². The van der Waals surface area contributed by atoms with Gasteiger partial charge in [-0.25, -0.2) is 19.3 Å². The molecule has 0 saturated carbocycles. The van der Waals surface area contributed by atoms with Gasteiger partial charge in [0.15, 0.2) is 0 Å². The van der Waals surface area contributed by atoms with Gasteiger partial charge < -0.3 is 26.0 Å². The number of ether oxygens (including phenoxy) is 1. The number of hydrogen-bond acceptors (Lipinski definition) is 9. The molecule has 3 aromatic heterocycles. The molecule has 0 spiro atoms. The molecule has 1 saturated heterocycles. The minimum absolute atomic E-state index is 0.0117. The summed E-state index contributed by atoms with van der Waals surface area (Å²) in [7, 11) is 0. The van der Waals surface area contributed by atoms with Crippen LogP contribution in [-0.4, -0.2) is 58.2 Å². The molecular weight excluding hydrogens is 475 g/mol. The van der Waals surface area contributed by atoms with Crippen molar-refractivity contribution in [1.82, 2.24) is 19.9 Å². The van der Waals surface area contributed by atoms with Crippen molar-refractivity contribution in [2.75, 3.05) is 41.8 Å². The number of nitrogens with zero attached hydrogens (tertiary/aromatic N) is 5. The fourth-order valence-corrected chi connectivity index (χ4v) is 4.06. The summed E-state index contributed by atoms with van der Waals surface area (Å²) >= 11 is 0. The third kappa shape index (κ3) is 5.37. The van der Waals surface area contributed by atoms with E-state index in [2.05, 4.69) is 42.0 Å². The molecule has 5 rings (SSSR count). The van der Waals surface area contributed by atoms with Gasteiger partial charge in [0.2, 0.25) is 11.9 Å². The van der Waals surface area contributed by atoms with Gasteiger partial charge in [0.05, 0.1) is 41.4 Å². The number of halogens is 1. The van der Waals surface area contributed by atoms with E-state index in [1.165, 1.54) is 12.3 Å². The summed E-state index contributed by atoms with van der Waals surface area (Å²) in [5, 5.41) is 6.43. The predicted octanol–water partition coefficient (Wildman–Crippen LogP) is 3.26. The molecule has 1 aromatic carbocycles. The number of nitrogens with two attached hydrogens (primary N) is 1. The van der Waals surface area contributed by atoms with E-state index in [1.807, 2.05) is 12.1 Å². The Morgan fingerprint density at radius 3 is 2.86 bits per heavy atom. The van der Waals surface area contributed by atoms with Crippen LogP contribution in [0.4, 0.5) is 27.5 Å². The summed E-state index contributed by atoms with van der Waals surface area (Å²) < 4.78 is 20.7. The summed E-state index contributed by atoms with van der Waals surface area (Å²) in [6.45, 7) is 5.93. The molecule has 1 fully saturated rings. The maximum atomic E-state index is 15.0. The van der Waals surface area contributed by atoms with E-state index in [1.54, 1.807) is 30.6 Å². The Hall–Kier alpha value is -4.48. The van der Waals surface area contributed by atoms with E-state index in [4.69, 9.17) is 10.5 Å². The van der Waals surface area contributed by atoms with Crippen LogP contribution in [0.1, 0.15) is 0 Å². The van der Waals surface area contributed by atoms with Gasteiger partial charge in [0.1, 0.15) is 11.6 Å². The van der Waals surface area contributed by atoms with Gasteiger partial charge in [-0.1, -0.05) is 6.58 Å². The highest BCUT2D eigenvalue weighted by molar-refractivity contribution is 6.00. The summed E-state index contributed by atoms with van der Waals surface area (Å²) in [5.41, 5.74) is 7.78. The second kappa shape index (κ2) is 10.6. The third-order valence-corrected chi connectivity index (χ3v) is 5.90. The van der Waals surface area contributed by atoms with Gasteiger partial charge in [-0.2, -0.15) is 0 Å². The Balaban J connectivity index is 1.42. The molecule has 1 amide bonds. The molecule has 4 heterocycles. The molecule has 188 valence electrons. The highest BCUT2D eigenvalue weighted by Gasteiger charge is 2.20. The van der Waals surface area contributed by atoms with E-state index >= 15 is 4.39 Å². The summed E-state index contributed by atoms with van der Waals surface area (Å²) in [6.07, 6.45) is 5.93. The lowest BCUT2D eigenvalue weighted by atomic mass is 10.1. The molecule has 1 aliphatic rings. The molecule has 0 unspecified atom stereocenters. The fourth-order valence-electron chi connectivity index (χ4n) is 4.06. The minimum atomic E-state index is -0.496. The number of rotatable bonds is 7. The second-order valence-corrected chi connectivity index (χ2v) is 8.38. The minimum Gasteiger partial charge on any atom is -0.373 e. The number of fused-ring (bicyclic) bond motifs is 1. The molecule has 1 atom stereocenters. The second-order valence-electron chi connectivity index (χ2n) is 8.38. The zero-order valence-electron chi connectivity index (χ0n) is 19.9. The zero-order valence-corrected chi connectivity index (χ0v) is 19.9. The van der Waals surface area contributed by atoms with E-state index < -0.39 is 5.82 Å². The van der Waals surface area contributed by atoms with Gasteiger partial charge in [-0.15, -0.1) is 0 Å². The van der Waals surface area contributed by atoms with Crippen LogP contribution in [0.25, 0.3) is 22.2 Å². The number of carbonyl (C=O) groups excluding carboxylic acids is 1. The van der Waals surface area contributed by atoms with Crippen molar-refractivity contribution in [3.8, 4) is 11.3 Å². The smallest absolute Gasteiger partial charge is 0.247 e. The number of amides is 1. The molecule has 0 radical (unpaired) electrons. The van der Waals surface area contributed by atoms with Crippen LogP contribution in [-0.2, 0) is 9.53 Å². The molecule has 1 aliphatic heterocycles. The van der Waals surface area contributed by atoms with Gasteiger partial charge in [-0.05, 0) is 42.5 Å². The van der Waals surface area contributed by atoms with Crippen LogP contribution < -0.4 is 21.3 Å². The summed E-state index contributed by atoms with van der Waals surface area (Å²) in [5.74, 6) is 0.228. The number of hydrogen-bond donors (Lipinski definition) is 3. The average molecular weight is 501 g/mol. The number of anilines is 4. The lowest BCUT2D eigenvalue weighted by molar-refractivity contribution is -0.111. The maximum Gasteiger partial charge on any atom is 0.247 e. The van der Waals surface area contributed by atoms with E-state index in [0.29, 0.717) is 47.7 Å². The molecule has 0 aliphatic carbocycles. The van der Waals surface area contributed by atoms with E-state index in [9.17, 15) is 4.79 Å². The Kier molecular flexibility index (Phi) is 6.97. The summed E-state index contributed by atoms with van der Waals surface area (Å²) in [4.78, 5) is 31.6. The monoisotopic (exact) mass is 500 g/mol. The van der Waals surface area contributed by atoms with Crippen molar-refractivity contribution in [1.29, 1.82) is 0 Å². The third-order valence-electron chi connectivity index (χ3n) is 5.90. The molecule has 4 aromatic rings. The first-order valence-electron chi connectivity index (χ1n) is 11.7. The van der Waals surface area contributed by atoms with Crippen LogP contribution in [0.2, 0.25) is 0 Å². The van der Waals surface area contributed by atoms with Crippen molar-refractivity contribution in [2.45, 2.75) is 6.10 Å². The number of pyridine rings is 2. The van der Waals surface area contributed by atoms with E-state index in [-0.39, 0.29) is 23.5 Å². The predicted molar refractivity (Wildman–Crippen MR) is 140 cm³/mol. The van der Waals surface area contributed by atoms with Crippen LogP contribution in [0.15, 0.2) is 67.6 Å². The number of carbonyl (C=O) groups is 1. The lowest BCUT2D eigenvalue weighted by Gasteiger charge is -2.33. The average Bonchev–Trinajstić information content (AvgIpc) is 2.93. The first-order chi connectivity index (χ1) is 18.0. The van der Waals surface area contributed by atoms with E-state index in [0.717, 1.165) is 18.4 Å². The molecule has 10 nitrogen and oxygen atoms in total. The normalized spacial score (nSPS) is 15.4. The van der Waals surface area contributed by atoms with Crippen LogP contribution in [0, 0.1) is 5.82 Å². The fraction of sp³-hybridized carbons (Fsp3) is 0.192. The number of benzene rings is 1. The van der Waals surface area contributed by atoms with Crippen molar-refractivity contribution in [3.63, 3.8) is 0 Å². The Morgan fingerprint density at radius 2 is 2.08 bits per heavy atom. The first-order valence-corrected chi connectivity index (χ1v) is 11.7. The molecular formula is C26H25FN8O2. The Morgan fingerprint density at radius 1 is 1.19 bits per heavy atom. The lowest BCUT2D eigenvalue weighted by Crippen LogP contribution is -2.46. The standard InChI is InChI=1S/C26H25FN8O2/c1-2-23(36)32-17-7-8-29-21(11-17)24-20(27)5-3-16-13-31-26(34-25(16)24)33-18-4-6-22(30-14-18)35-9-10-37-19(12-28)15-35/h2-8,11,13-14,19H,1,9-10,12,15,28H2,(H,29,32,36)(H,31,33,34)/t19-/m1/s1. The van der Waals surface area contributed by atoms with Crippen molar-refractivity contribution in [2.24, 2.45) is 5.73 Å². The number of morpholine rings is 1. The molecule has 37 heavy (non-hydrogen) atoms. The summed E-state index contributed by atoms with van der Waals surface area (Å²) in [6, 6.07) is 9.92. The number of nitrogens with one attached hydrogen (secondary N) is 2. The van der Waals surface area contributed by atoms with Gasteiger partial charge in [-0.3, -0.25) is 9.78 Å². The quantitative estimate of drug-likeness (QED) is 0.327. The van der Waals surface area contributed by atoms with Gasteiger partial charge in [0.25, 0.3) is 0 Å². The van der Waals surface area contributed by atoms with Crippen molar-refractivity contribution >= 4 is 40.0 Å². The van der Waals surface area contributed by atoms with Gasteiger partial charge >= 0.3 is 0 Å². The SMILES string of the molecule is C=CC(=O)Nc1ccnc(-c2c(F)ccc3cnc(Nc4ccc(N5CCO[C@H](CN)C5)nc4)nc23)c1. The molecule has 4 N–H and O–H groups in total. The molecule has 0 bridgehead atoms. The number of aromatic nitrogens is 4. The first kappa shape index (κ1) is 24.2. The highest BCUT2D eigenvalue weighted by atomic mass is 19.1. The topological polar surface area (TPSA) is 131 Å². The van der Waals surface area contributed by atoms with Crippen molar-refractivity contribution in [3.05, 3.63) is 73.5 Å². The van der Waals surface area contributed by atoms with Crippen LogP contribution in [0.3, 0.4) is 0 Å². The zero-order chi connectivity index (χ0) is 25.8. The van der Waals surface area contributed by atoms with Crippen LogP contribution >= 0.6 is 0 Å². The van der Waals surface area contributed by atoms with Crippen molar-refractivity contribution < 1.29 is 13.9 Å². The van der Waals surface area contributed by atoms with Crippen LogP contribution in [0.5, 0.6) is 0 Å². The Bertz CT molecular complexity index is 1450. The molecule has 11 heteroatoms.